The average Bonchev–Trinajstić information content (AvgIpc) is 3.01. The van der Waals surface area contributed by atoms with Crippen molar-refractivity contribution in [3.05, 3.63) is 72.3 Å². The minimum atomic E-state index is -0.293. The molecule has 2 aromatic carbocycles. The minimum absolute atomic E-state index is 0.0954. The van der Waals surface area contributed by atoms with Crippen molar-refractivity contribution >= 4 is 28.6 Å². The smallest absolute Gasteiger partial charge is 0.238 e. The zero-order chi connectivity index (χ0) is 19.2. The van der Waals surface area contributed by atoms with Gasteiger partial charge in [-0.15, -0.1) is 0 Å². The van der Waals surface area contributed by atoms with Gasteiger partial charge in [-0.25, -0.2) is 4.98 Å². The molecule has 1 unspecified atom stereocenters. The predicted octanol–water partition coefficient (Wildman–Crippen LogP) is 5.91. The average molecular weight is 391 g/mol. The van der Waals surface area contributed by atoms with Gasteiger partial charge in [0.2, 0.25) is 5.91 Å². The quantitative estimate of drug-likeness (QED) is 0.435. The number of rotatable bonds is 5. The molecule has 4 rings (SSSR count). The molecule has 0 aliphatic heterocycles. The lowest BCUT2D eigenvalue weighted by molar-refractivity contribution is -0.121. The summed E-state index contributed by atoms with van der Waals surface area (Å²) in [5, 5.41) is 5.03. The summed E-state index contributed by atoms with van der Waals surface area (Å²) in [7, 11) is 0. The second kappa shape index (κ2) is 9.24. The molecule has 0 bridgehead atoms. The van der Waals surface area contributed by atoms with E-state index in [1.54, 1.807) is 0 Å². The Hall–Kier alpha value is -2.33. The van der Waals surface area contributed by atoms with Gasteiger partial charge in [0.1, 0.15) is 5.25 Å². The van der Waals surface area contributed by atoms with E-state index in [4.69, 9.17) is 4.98 Å². The second-order valence-electron chi connectivity index (χ2n) is 7.45. The van der Waals surface area contributed by atoms with E-state index in [-0.39, 0.29) is 11.2 Å². The van der Waals surface area contributed by atoms with Gasteiger partial charge in [-0.05, 0) is 30.5 Å². The van der Waals surface area contributed by atoms with Crippen molar-refractivity contribution in [3.63, 3.8) is 0 Å². The first-order valence-electron chi connectivity index (χ1n) is 10.2. The van der Waals surface area contributed by atoms with Gasteiger partial charge >= 0.3 is 0 Å². The standard InChI is InChI=1S/C24H26N2OS/c27-24(25-20-13-6-1-2-7-14-20)23(19-11-4-3-5-12-19)28-22-17-16-18-10-8-9-15-21(18)26-22/h3-5,8-12,15-17,20,23H,1-2,6-7,13-14H2,(H,25,27). The van der Waals surface area contributed by atoms with E-state index in [0.717, 1.165) is 34.3 Å². The first-order chi connectivity index (χ1) is 13.8. The van der Waals surface area contributed by atoms with Gasteiger partial charge in [0, 0.05) is 11.4 Å². The second-order valence-corrected chi connectivity index (χ2v) is 8.57. The van der Waals surface area contributed by atoms with E-state index in [9.17, 15) is 4.79 Å². The van der Waals surface area contributed by atoms with Crippen LogP contribution in [-0.4, -0.2) is 16.9 Å². The molecule has 0 saturated heterocycles. The Kier molecular flexibility index (Phi) is 6.27. The number of benzene rings is 2. The third kappa shape index (κ3) is 4.74. The maximum Gasteiger partial charge on any atom is 0.238 e. The van der Waals surface area contributed by atoms with Gasteiger partial charge in [-0.1, -0.05) is 92.0 Å². The molecule has 1 aliphatic carbocycles. The van der Waals surface area contributed by atoms with Gasteiger partial charge in [0.25, 0.3) is 0 Å². The van der Waals surface area contributed by atoms with Crippen LogP contribution >= 0.6 is 11.8 Å². The summed E-state index contributed by atoms with van der Waals surface area (Å²) in [5.41, 5.74) is 1.98. The molecule has 4 heteroatoms. The first-order valence-corrected chi connectivity index (χ1v) is 11.1. The zero-order valence-corrected chi connectivity index (χ0v) is 16.8. The SMILES string of the molecule is O=C(NC1CCCCCC1)C(Sc1ccc2ccccc2n1)c1ccccc1. The molecule has 1 aliphatic rings. The molecule has 0 radical (unpaired) electrons. The van der Waals surface area contributed by atoms with Crippen LogP contribution in [0, 0.1) is 0 Å². The molecule has 3 nitrogen and oxygen atoms in total. The number of carbonyl (C=O) groups is 1. The van der Waals surface area contributed by atoms with Gasteiger partial charge < -0.3 is 5.32 Å². The molecule has 28 heavy (non-hydrogen) atoms. The molecule has 144 valence electrons. The number of aromatic nitrogens is 1. The van der Waals surface area contributed by atoms with E-state index in [1.807, 2.05) is 54.6 Å². The number of fused-ring (bicyclic) bond motifs is 1. The van der Waals surface area contributed by atoms with Crippen molar-refractivity contribution in [3.8, 4) is 0 Å². The van der Waals surface area contributed by atoms with Crippen LogP contribution in [0.5, 0.6) is 0 Å². The minimum Gasteiger partial charge on any atom is -0.352 e. The molecule has 1 fully saturated rings. The van der Waals surface area contributed by atoms with Crippen LogP contribution in [0.2, 0.25) is 0 Å². The van der Waals surface area contributed by atoms with Crippen molar-refractivity contribution in [1.29, 1.82) is 0 Å². The van der Waals surface area contributed by atoms with E-state index in [0.29, 0.717) is 6.04 Å². The van der Waals surface area contributed by atoms with E-state index < -0.39 is 0 Å². The van der Waals surface area contributed by atoms with Crippen molar-refractivity contribution in [2.45, 2.75) is 54.8 Å². The lowest BCUT2D eigenvalue weighted by Gasteiger charge is -2.21. The Bertz CT molecular complexity index is 920. The fourth-order valence-corrected chi connectivity index (χ4v) is 4.84. The summed E-state index contributed by atoms with van der Waals surface area (Å²) in [6, 6.07) is 22.5. The third-order valence-electron chi connectivity index (χ3n) is 5.35. The number of nitrogens with zero attached hydrogens (tertiary/aromatic N) is 1. The van der Waals surface area contributed by atoms with E-state index in [1.165, 1.54) is 37.4 Å². The van der Waals surface area contributed by atoms with Crippen molar-refractivity contribution in [2.24, 2.45) is 0 Å². The number of amides is 1. The molecule has 0 spiro atoms. The molecular formula is C24H26N2OS. The lowest BCUT2D eigenvalue weighted by atomic mass is 10.1. The van der Waals surface area contributed by atoms with Crippen LogP contribution in [0.15, 0.2) is 71.8 Å². The van der Waals surface area contributed by atoms with Crippen molar-refractivity contribution < 1.29 is 4.79 Å². The van der Waals surface area contributed by atoms with Crippen LogP contribution in [0.3, 0.4) is 0 Å². The molecule has 1 amide bonds. The normalized spacial score (nSPS) is 16.4. The van der Waals surface area contributed by atoms with Crippen molar-refractivity contribution in [2.75, 3.05) is 0 Å². The maximum atomic E-state index is 13.2. The zero-order valence-electron chi connectivity index (χ0n) is 16.0. The number of hydrogen-bond acceptors (Lipinski definition) is 3. The lowest BCUT2D eigenvalue weighted by Crippen LogP contribution is -2.37. The summed E-state index contributed by atoms with van der Waals surface area (Å²) in [6.07, 6.45) is 7.16. The number of nitrogens with one attached hydrogen (secondary N) is 1. The topological polar surface area (TPSA) is 42.0 Å². The number of para-hydroxylation sites is 1. The molecular weight excluding hydrogens is 364 g/mol. The molecule has 3 aromatic rings. The third-order valence-corrected chi connectivity index (χ3v) is 6.54. The van der Waals surface area contributed by atoms with Gasteiger partial charge in [0.15, 0.2) is 0 Å². The summed E-state index contributed by atoms with van der Waals surface area (Å²) in [5.74, 6) is 0.0954. The van der Waals surface area contributed by atoms with Crippen LogP contribution in [0.1, 0.15) is 49.3 Å². The van der Waals surface area contributed by atoms with Crippen LogP contribution < -0.4 is 5.32 Å². The highest BCUT2D eigenvalue weighted by Gasteiger charge is 2.25. The van der Waals surface area contributed by atoms with Gasteiger partial charge in [-0.2, -0.15) is 0 Å². The van der Waals surface area contributed by atoms with E-state index in [2.05, 4.69) is 17.4 Å². The highest BCUT2D eigenvalue weighted by molar-refractivity contribution is 8.00. The number of pyridine rings is 1. The summed E-state index contributed by atoms with van der Waals surface area (Å²) in [6.45, 7) is 0. The number of thioether (sulfide) groups is 1. The number of carbonyl (C=O) groups excluding carboxylic acids is 1. The fraction of sp³-hybridized carbons (Fsp3) is 0.333. The summed E-state index contributed by atoms with van der Waals surface area (Å²) >= 11 is 1.54. The molecule has 1 aromatic heterocycles. The Morgan fingerprint density at radius 1 is 0.893 bits per heavy atom. The number of hydrogen-bond donors (Lipinski definition) is 1. The molecule has 1 atom stereocenters. The van der Waals surface area contributed by atoms with Crippen LogP contribution in [0.25, 0.3) is 10.9 Å². The Morgan fingerprint density at radius 3 is 2.39 bits per heavy atom. The fourth-order valence-electron chi connectivity index (χ4n) is 3.84. The summed E-state index contributed by atoms with van der Waals surface area (Å²) in [4.78, 5) is 18.0. The molecule has 1 N–H and O–H groups in total. The van der Waals surface area contributed by atoms with Gasteiger partial charge in [0.05, 0.1) is 10.5 Å². The van der Waals surface area contributed by atoms with Crippen molar-refractivity contribution in [1.82, 2.24) is 10.3 Å². The Balaban J connectivity index is 1.56. The first kappa shape index (κ1) is 19.0. The summed E-state index contributed by atoms with van der Waals surface area (Å²) < 4.78 is 0. The Morgan fingerprint density at radius 2 is 1.61 bits per heavy atom. The highest BCUT2D eigenvalue weighted by atomic mass is 32.2. The molecule has 1 heterocycles. The van der Waals surface area contributed by atoms with Crippen LogP contribution in [-0.2, 0) is 4.79 Å². The highest BCUT2D eigenvalue weighted by Crippen LogP contribution is 2.35. The largest absolute Gasteiger partial charge is 0.352 e. The van der Waals surface area contributed by atoms with Crippen LogP contribution in [0.4, 0.5) is 0 Å². The monoisotopic (exact) mass is 390 g/mol. The predicted molar refractivity (Wildman–Crippen MR) is 116 cm³/mol. The Labute approximate surface area is 171 Å². The maximum absolute atomic E-state index is 13.2. The van der Waals surface area contributed by atoms with Gasteiger partial charge in [-0.3, -0.25) is 4.79 Å². The van der Waals surface area contributed by atoms with E-state index >= 15 is 0 Å². The molecule has 1 saturated carbocycles.